The minimum Gasteiger partial charge on any atom is -0.310 e. The van der Waals surface area contributed by atoms with Crippen LogP contribution < -0.4 is 14.7 Å². The summed E-state index contributed by atoms with van der Waals surface area (Å²) in [6.07, 6.45) is 0. The van der Waals surface area contributed by atoms with E-state index in [2.05, 4.69) is 270 Å². The molecular weight excluding hydrogens is 887 g/mol. The van der Waals surface area contributed by atoms with Gasteiger partial charge in [-0.2, -0.15) is 0 Å². The Balaban J connectivity index is 1.08. The van der Waals surface area contributed by atoms with Crippen LogP contribution in [0.25, 0.3) is 40.3 Å². The zero-order valence-corrected chi connectivity index (χ0v) is 42.8. The lowest BCUT2D eigenvalue weighted by Gasteiger charge is -2.43. The zero-order chi connectivity index (χ0) is 48.1. The Bertz CT molecular complexity index is 3540. The first-order valence-corrected chi connectivity index (χ1v) is 26.1. The van der Waals surface area contributed by atoms with E-state index in [-0.39, 0.29) is 16.2 Å². The van der Waals surface area contributed by atoms with Crippen LogP contribution in [0.5, 0.6) is 0 Å². The first kappa shape index (κ1) is 44.1. The Morgan fingerprint density at radius 1 is 0.386 bits per heavy atom. The van der Waals surface area contributed by atoms with Crippen molar-refractivity contribution in [2.24, 2.45) is 0 Å². The van der Waals surface area contributed by atoms with Crippen molar-refractivity contribution >= 4 is 114 Å². The predicted octanol–water partition coefficient (Wildman–Crippen LogP) is 20.1. The number of fused-ring (bicyclic) bond motifs is 8. The summed E-state index contributed by atoms with van der Waals surface area (Å²) < 4.78 is 5.15. The van der Waals surface area contributed by atoms with Crippen LogP contribution in [0.4, 0.5) is 51.2 Å². The fourth-order valence-electron chi connectivity index (χ4n) is 10.8. The van der Waals surface area contributed by atoms with Gasteiger partial charge in [-0.1, -0.05) is 171 Å². The van der Waals surface area contributed by atoms with Crippen molar-refractivity contribution in [1.29, 1.82) is 0 Å². The molecule has 70 heavy (non-hydrogen) atoms. The molecule has 0 aliphatic carbocycles. The Morgan fingerprint density at radius 2 is 0.771 bits per heavy atom. The van der Waals surface area contributed by atoms with Gasteiger partial charge >= 0.3 is 0 Å². The second kappa shape index (κ2) is 16.5. The Labute approximate surface area is 420 Å². The molecule has 3 nitrogen and oxygen atoms in total. The quantitative estimate of drug-likeness (QED) is 0.158. The molecule has 0 bridgehead atoms. The van der Waals surface area contributed by atoms with Gasteiger partial charge in [0.25, 0.3) is 0 Å². The van der Waals surface area contributed by atoms with Gasteiger partial charge in [-0.15, -0.1) is 22.7 Å². The standard InChI is InChI=1S/C65H57N3S2/c1-63(2,3)42-28-32-45(33-29-42)66(55-24-16-22-51-49-20-12-14-26-59(49)69-61(51)55)47-36-38-53-57(40-47)68(44-18-10-9-11-19-44)58-41-48(37-39-54(58)65(53,7)8)67(46-34-30-43(31-35-46)64(4,5)6)56-25-17-23-52-50-21-13-15-27-60(50)70-62(52)56/h9-41H,1-8H3. The van der Waals surface area contributed by atoms with Crippen molar-refractivity contribution in [2.75, 3.05) is 14.7 Å². The number of anilines is 9. The number of benzene rings is 9. The van der Waals surface area contributed by atoms with Gasteiger partial charge in [0.2, 0.25) is 0 Å². The van der Waals surface area contributed by atoms with E-state index in [9.17, 15) is 0 Å². The third-order valence-electron chi connectivity index (χ3n) is 14.6. The minimum atomic E-state index is -0.317. The molecule has 2 aromatic heterocycles. The molecule has 3 heterocycles. The third-order valence-corrected chi connectivity index (χ3v) is 17.0. The zero-order valence-electron chi connectivity index (χ0n) is 41.2. The summed E-state index contributed by atoms with van der Waals surface area (Å²) in [5.74, 6) is 0. The van der Waals surface area contributed by atoms with Crippen LogP contribution in [0, 0.1) is 0 Å². The van der Waals surface area contributed by atoms with E-state index in [1.165, 1.54) is 85.3 Å². The summed E-state index contributed by atoms with van der Waals surface area (Å²) in [7, 11) is 0. The molecule has 0 N–H and O–H groups in total. The molecule has 9 aromatic carbocycles. The van der Waals surface area contributed by atoms with Gasteiger partial charge in [0, 0.05) is 64.8 Å². The van der Waals surface area contributed by atoms with E-state index in [1.807, 2.05) is 22.7 Å². The fourth-order valence-corrected chi connectivity index (χ4v) is 13.2. The molecule has 0 atom stereocenters. The summed E-state index contributed by atoms with van der Waals surface area (Å²) in [5.41, 5.74) is 15.2. The van der Waals surface area contributed by atoms with E-state index in [0.717, 1.165) is 28.4 Å². The first-order valence-electron chi connectivity index (χ1n) is 24.5. The van der Waals surface area contributed by atoms with Crippen LogP contribution in [0.2, 0.25) is 0 Å². The maximum atomic E-state index is 2.52. The smallest absolute Gasteiger partial charge is 0.0640 e. The maximum absolute atomic E-state index is 2.52. The second-order valence-corrected chi connectivity index (χ2v) is 23.6. The number of rotatable bonds is 7. The Kier molecular flexibility index (Phi) is 10.4. The molecule has 0 amide bonds. The third kappa shape index (κ3) is 7.29. The maximum Gasteiger partial charge on any atom is 0.0640 e. The normalized spacial score (nSPS) is 13.5. The number of hydrogen-bond donors (Lipinski definition) is 0. The highest BCUT2D eigenvalue weighted by Crippen LogP contribution is 2.56. The highest BCUT2D eigenvalue weighted by atomic mass is 32.1. The number of hydrogen-bond acceptors (Lipinski definition) is 5. The van der Waals surface area contributed by atoms with Gasteiger partial charge < -0.3 is 14.7 Å². The largest absolute Gasteiger partial charge is 0.310 e. The van der Waals surface area contributed by atoms with Crippen LogP contribution in [0.3, 0.4) is 0 Å². The molecule has 344 valence electrons. The van der Waals surface area contributed by atoms with Gasteiger partial charge in [-0.25, -0.2) is 0 Å². The molecule has 0 saturated heterocycles. The van der Waals surface area contributed by atoms with Crippen molar-refractivity contribution in [3.63, 3.8) is 0 Å². The average Bonchev–Trinajstić information content (AvgIpc) is 3.94. The molecule has 11 aromatic rings. The second-order valence-electron chi connectivity index (χ2n) is 21.5. The van der Waals surface area contributed by atoms with Crippen LogP contribution in [-0.2, 0) is 16.2 Å². The molecule has 0 unspecified atom stereocenters. The topological polar surface area (TPSA) is 9.72 Å². The van der Waals surface area contributed by atoms with Gasteiger partial charge in [0.15, 0.2) is 0 Å². The SMILES string of the molecule is CC(C)(C)c1ccc(N(c2ccc3c(c2)N(c2ccccc2)c2cc(N(c4ccc(C(C)(C)C)cc4)c4cccc5c4sc4ccccc45)ccc2C3(C)C)c2cccc3c2sc2ccccc23)cc1. The molecular formula is C65H57N3S2. The molecule has 5 heteroatoms. The van der Waals surface area contributed by atoms with E-state index in [0.29, 0.717) is 0 Å². The summed E-state index contributed by atoms with van der Waals surface area (Å²) in [4.78, 5) is 7.49. The summed E-state index contributed by atoms with van der Waals surface area (Å²) >= 11 is 3.76. The first-order chi connectivity index (χ1) is 33.7. The molecule has 0 fully saturated rings. The summed E-state index contributed by atoms with van der Waals surface area (Å²) in [6.45, 7) is 18.5. The Hall–Kier alpha value is -7.18. The Morgan fingerprint density at radius 3 is 1.20 bits per heavy atom. The molecule has 1 aliphatic rings. The predicted molar refractivity (Wildman–Crippen MR) is 306 cm³/mol. The van der Waals surface area contributed by atoms with Crippen LogP contribution in [-0.4, -0.2) is 0 Å². The highest BCUT2D eigenvalue weighted by Gasteiger charge is 2.38. The average molecular weight is 944 g/mol. The van der Waals surface area contributed by atoms with E-state index in [1.54, 1.807) is 0 Å². The van der Waals surface area contributed by atoms with Crippen LogP contribution in [0.15, 0.2) is 200 Å². The fraction of sp³-hybridized carbons (Fsp3) is 0.169. The molecule has 0 saturated carbocycles. The summed E-state index contributed by atoms with van der Waals surface area (Å²) in [5, 5.41) is 5.16. The van der Waals surface area contributed by atoms with Crippen LogP contribution in [0.1, 0.15) is 77.6 Å². The lowest BCUT2D eigenvalue weighted by atomic mass is 9.73. The molecule has 0 radical (unpaired) electrons. The van der Waals surface area contributed by atoms with Crippen molar-refractivity contribution in [1.82, 2.24) is 0 Å². The number of nitrogens with zero attached hydrogens (tertiary/aromatic N) is 3. The van der Waals surface area contributed by atoms with Crippen molar-refractivity contribution in [2.45, 2.75) is 71.6 Å². The summed E-state index contributed by atoms with van der Waals surface area (Å²) in [6, 6.07) is 75.1. The lowest BCUT2D eigenvalue weighted by Crippen LogP contribution is -2.31. The van der Waals surface area contributed by atoms with Crippen LogP contribution >= 0.6 is 22.7 Å². The van der Waals surface area contributed by atoms with Crippen molar-refractivity contribution in [3.8, 4) is 0 Å². The van der Waals surface area contributed by atoms with E-state index in [4.69, 9.17) is 0 Å². The molecule has 1 aliphatic heterocycles. The van der Waals surface area contributed by atoms with Gasteiger partial charge in [-0.05, 0) is 118 Å². The van der Waals surface area contributed by atoms with Gasteiger partial charge in [0.05, 0.1) is 32.1 Å². The van der Waals surface area contributed by atoms with E-state index >= 15 is 0 Å². The highest BCUT2D eigenvalue weighted by molar-refractivity contribution is 7.26. The van der Waals surface area contributed by atoms with Gasteiger partial charge in [-0.3, -0.25) is 0 Å². The van der Waals surface area contributed by atoms with Gasteiger partial charge in [0.1, 0.15) is 0 Å². The minimum absolute atomic E-state index is 0.0323. The lowest BCUT2D eigenvalue weighted by molar-refractivity contribution is 0.590. The van der Waals surface area contributed by atoms with Crippen molar-refractivity contribution in [3.05, 3.63) is 222 Å². The molecule has 12 rings (SSSR count). The number of para-hydroxylation sites is 1. The molecule has 0 spiro atoms. The van der Waals surface area contributed by atoms with Crippen molar-refractivity contribution < 1.29 is 0 Å². The monoisotopic (exact) mass is 943 g/mol. The van der Waals surface area contributed by atoms with E-state index < -0.39 is 0 Å². The number of thiophene rings is 2.